The van der Waals surface area contributed by atoms with Crippen molar-refractivity contribution in [2.45, 2.75) is 19.8 Å². The third-order valence-electron chi connectivity index (χ3n) is 1.10. The molecule has 64 valence electrons. The van der Waals surface area contributed by atoms with Crippen molar-refractivity contribution in [3.8, 4) is 0 Å². The Morgan fingerprint density at radius 1 is 1.55 bits per heavy atom. The highest BCUT2D eigenvalue weighted by molar-refractivity contribution is 5.81. The van der Waals surface area contributed by atoms with Gasteiger partial charge in [-0.15, -0.1) is 0 Å². The first kappa shape index (κ1) is 10.2. The highest BCUT2D eigenvalue weighted by Crippen LogP contribution is 1.89. The minimum atomic E-state index is -0.314. The second-order valence-electron chi connectivity index (χ2n) is 2.10. The van der Waals surface area contributed by atoms with E-state index in [-0.39, 0.29) is 12.6 Å². The van der Waals surface area contributed by atoms with Crippen molar-refractivity contribution in [1.82, 2.24) is 0 Å². The minimum absolute atomic E-state index is 0.154. The number of ether oxygens (including phenoxy) is 1. The molecule has 0 bridgehead atoms. The van der Waals surface area contributed by atoms with Gasteiger partial charge in [0, 0.05) is 12.7 Å². The fraction of sp³-hybridized carbons (Fsp3) is 0.625. The first-order chi connectivity index (χ1) is 5.31. The molecule has 0 aromatic heterocycles. The van der Waals surface area contributed by atoms with Gasteiger partial charge in [-0.05, 0) is 19.8 Å². The molecule has 0 saturated carbocycles. The molecule has 0 saturated heterocycles. The summed E-state index contributed by atoms with van der Waals surface area (Å²) in [5, 5.41) is 8.38. The van der Waals surface area contributed by atoms with Crippen molar-refractivity contribution in [1.29, 1.82) is 0 Å². The summed E-state index contributed by atoms with van der Waals surface area (Å²) < 4.78 is 4.75. The monoisotopic (exact) mass is 158 g/mol. The molecule has 3 heteroatoms. The Kier molecular flexibility index (Phi) is 6.73. The average Bonchev–Trinajstić information content (AvgIpc) is 1.99. The summed E-state index contributed by atoms with van der Waals surface area (Å²) in [5.74, 6) is -0.314. The Morgan fingerprint density at radius 3 is 2.82 bits per heavy atom. The molecule has 0 aromatic rings. The molecule has 3 nitrogen and oxygen atoms in total. The van der Waals surface area contributed by atoms with Crippen molar-refractivity contribution in [3.05, 3.63) is 12.2 Å². The molecular weight excluding hydrogens is 144 g/mol. The van der Waals surface area contributed by atoms with Crippen LogP contribution in [0.25, 0.3) is 0 Å². The van der Waals surface area contributed by atoms with Gasteiger partial charge in [-0.2, -0.15) is 0 Å². The molecule has 0 radical (unpaired) electrons. The van der Waals surface area contributed by atoms with E-state index in [4.69, 9.17) is 9.84 Å². The quantitative estimate of drug-likeness (QED) is 0.367. The highest BCUT2D eigenvalue weighted by atomic mass is 16.5. The summed E-state index contributed by atoms with van der Waals surface area (Å²) in [6, 6.07) is 0. The number of carbonyl (C=O) groups is 1. The largest absolute Gasteiger partial charge is 0.463 e. The van der Waals surface area contributed by atoms with E-state index in [0.29, 0.717) is 13.0 Å². The molecule has 0 fully saturated rings. The standard InChI is InChI=1S/C8H14O3/c1-2-5-8(10)11-7-4-3-6-9/h2,5,9H,3-4,6-7H2,1H3/b5-2-. The van der Waals surface area contributed by atoms with Gasteiger partial charge >= 0.3 is 5.97 Å². The Bertz CT molecular complexity index is 129. The fourth-order valence-electron chi connectivity index (χ4n) is 0.571. The Hall–Kier alpha value is -0.830. The average molecular weight is 158 g/mol. The van der Waals surface area contributed by atoms with Crippen LogP contribution >= 0.6 is 0 Å². The lowest BCUT2D eigenvalue weighted by atomic mass is 10.3. The van der Waals surface area contributed by atoms with E-state index in [9.17, 15) is 4.79 Å². The van der Waals surface area contributed by atoms with Gasteiger partial charge in [0.25, 0.3) is 0 Å². The third kappa shape index (κ3) is 7.06. The van der Waals surface area contributed by atoms with E-state index in [1.807, 2.05) is 0 Å². The van der Waals surface area contributed by atoms with Crippen molar-refractivity contribution >= 4 is 5.97 Å². The molecule has 0 atom stereocenters. The van der Waals surface area contributed by atoms with Crippen LogP contribution in [0.5, 0.6) is 0 Å². The lowest BCUT2D eigenvalue weighted by Gasteiger charge is -1.98. The van der Waals surface area contributed by atoms with Crippen LogP contribution in [0.3, 0.4) is 0 Å². The van der Waals surface area contributed by atoms with E-state index in [1.165, 1.54) is 6.08 Å². The molecule has 0 spiro atoms. The number of unbranched alkanes of at least 4 members (excludes halogenated alkanes) is 1. The molecule has 11 heavy (non-hydrogen) atoms. The molecule has 0 aliphatic heterocycles. The lowest BCUT2D eigenvalue weighted by molar-refractivity contribution is -0.137. The van der Waals surface area contributed by atoms with Crippen LogP contribution in [-0.4, -0.2) is 24.3 Å². The highest BCUT2D eigenvalue weighted by Gasteiger charge is 1.93. The van der Waals surface area contributed by atoms with E-state index in [1.54, 1.807) is 13.0 Å². The summed E-state index contributed by atoms with van der Waals surface area (Å²) in [4.78, 5) is 10.6. The molecular formula is C8H14O3. The van der Waals surface area contributed by atoms with Gasteiger partial charge in [0.05, 0.1) is 6.61 Å². The second-order valence-corrected chi connectivity index (χ2v) is 2.10. The maximum atomic E-state index is 10.6. The molecule has 0 heterocycles. The smallest absolute Gasteiger partial charge is 0.330 e. The van der Waals surface area contributed by atoms with Gasteiger partial charge < -0.3 is 9.84 Å². The Morgan fingerprint density at radius 2 is 2.27 bits per heavy atom. The van der Waals surface area contributed by atoms with Crippen molar-refractivity contribution in [3.63, 3.8) is 0 Å². The van der Waals surface area contributed by atoms with Crippen LogP contribution in [0.2, 0.25) is 0 Å². The maximum Gasteiger partial charge on any atom is 0.330 e. The predicted molar refractivity (Wildman–Crippen MR) is 42.1 cm³/mol. The first-order valence-corrected chi connectivity index (χ1v) is 3.71. The summed E-state index contributed by atoms with van der Waals surface area (Å²) >= 11 is 0. The minimum Gasteiger partial charge on any atom is -0.463 e. The maximum absolute atomic E-state index is 10.6. The Balaban J connectivity index is 3.17. The van der Waals surface area contributed by atoms with Gasteiger partial charge in [-0.1, -0.05) is 6.08 Å². The van der Waals surface area contributed by atoms with Crippen LogP contribution in [0, 0.1) is 0 Å². The molecule has 0 rings (SSSR count). The van der Waals surface area contributed by atoms with E-state index >= 15 is 0 Å². The zero-order valence-electron chi connectivity index (χ0n) is 6.75. The summed E-state index contributed by atoms with van der Waals surface area (Å²) in [7, 11) is 0. The van der Waals surface area contributed by atoms with Crippen LogP contribution in [0.1, 0.15) is 19.8 Å². The van der Waals surface area contributed by atoms with Gasteiger partial charge in [0.1, 0.15) is 0 Å². The van der Waals surface area contributed by atoms with Crippen LogP contribution < -0.4 is 0 Å². The molecule has 0 amide bonds. The normalized spacial score (nSPS) is 10.4. The number of carbonyl (C=O) groups excluding carboxylic acids is 1. The molecule has 1 N–H and O–H groups in total. The number of hydrogen-bond acceptors (Lipinski definition) is 3. The number of rotatable bonds is 5. The number of hydrogen-bond donors (Lipinski definition) is 1. The molecule has 0 aliphatic carbocycles. The van der Waals surface area contributed by atoms with Gasteiger partial charge in [-0.3, -0.25) is 0 Å². The number of aliphatic hydroxyl groups is 1. The second kappa shape index (κ2) is 7.28. The van der Waals surface area contributed by atoms with E-state index in [2.05, 4.69) is 0 Å². The Labute approximate surface area is 66.7 Å². The lowest BCUT2D eigenvalue weighted by Crippen LogP contribution is -2.02. The summed E-state index contributed by atoms with van der Waals surface area (Å²) in [5.41, 5.74) is 0. The van der Waals surface area contributed by atoms with Crippen LogP contribution in [0.4, 0.5) is 0 Å². The number of esters is 1. The summed E-state index contributed by atoms with van der Waals surface area (Å²) in [6.07, 6.45) is 4.41. The summed E-state index contributed by atoms with van der Waals surface area (Å²) in [6.45, 7) is 2.31. The SMILES string of the molecule is C/C=C\C(=O)OCCCCO. The van der Waals surface area contributed by atoms with Crippen LogP contribution in [-0.2, 0) is 9.53 Å². The molecule has 0 aliphatic rings. The van der Waals surface area contributed by atoms with E-state index < -0.39 is 0 Å². The van der Waals surface area contributed by atoms with Gasteiger partial charge in [0.15, 0.2) is 0 Å². The fourth-order valence-corrected chi connectivity index (χ4v) is 0.571. The zero-order valence-corrected chi connectivity index (χ0v) is 6.75. The number of allylic oxidation sites excluding steroid dienone is 1. The van der Waals surface area contributed by atoms with Crippen molar-refractivity contribution in [2.75, 3.05) is 13.2 Å². The van der Waals surface area contributed by atoms with Crippen molar-refractivity contribution in [2.24, 2.45) is 0 Å². The van der Waals surface area contributed by atoms with E-state index in [0.717, 1.165) is 6.42 Å². The number of aliphatic hydroxyl groups excluding tert-OH is 1. The topological polar surface area (TPSA) is 46.5 Å². The zero-order chi connectivity index (χ0) is 8.53. The van der Waals surface area contributed by atoms with Gasteiger partial charge in [0.2, 0.25) is 0 Å². The van der Waals surface area contributed by atoms with Crippen molar-refractivity contribution < 1.29 is 14.6 Å². The van der Waals surface area contributed by atoms with Gasteiger partial charge in [-0.25, -0.2) is 4.79 Å². The molecule has 0 aromatic carbocycles. The van der Waals surface area contributed by atoms with Crippen LogP contribution in [0.15, 0.2) is 12.2 Å². The first-order valence-electron chi connectivity index (χ1n) is 3.71. The molecule has 0 unspecified atom stereocenters. The third-order valence-corrected chi connectivity index (χ3v) is 1.10. The predicted octanol–water partition coefficient (Wildman–Crippen LogP) is 0.878.